The van der Waals surface area contributed by atoms with E-state index in [2.05, 4.69) is 121 Å². The van der Waals surface area contributed by atoms with Gasteiger partial charge in [-0.3, -0.25) is 0 Å². The van der Waals surface area contributed by atoms with Crippen LogP contribution in [0.15, 0.2) is 127 Å². The summed E-state index contributed by atoms with van der Waals surface area (Å²) in [4.78, 5) is 0. The first kappa shape index (κ1) is 26.5. The molecule has 0 unspecified atom stereocenters. The molecule has 197 valence electrons. The summed E-state index contributed by atoms with van der Waals surface area (Å²) in [5.74, 6) is 0. The Kier molecular flexibility index (Phi) is 6.66. The van der Waals surface area contributed by atoms with E-state index < -0.39 is 19.3 Å². The van der Waals surface area contributed by atoms with Crippen LogP contribution in [-0.4, -0.2) is 31.9 Å². The topological polar surface area (TPSA) is 29.5 Å². The second-order valence-corrected chi connectivity index (χ2v) is 15.4. The van der Waals surface area contributed by atoms with Crippen LogP contribution in [0.25, 0.3) is 22.3 Å². The van der Waals surface area contributed by atoms with Gasteiger partial charge in [0.05, 0.1) is 11.2 Å². The second kappa shape index (κ2) is 10.0. The van der Waals surface area contributed by atoms with Crippen LogP contribution < -0.4 is 26.2 Å². The molecule has 1 N–H and O–H groups in total. The molecule has 0 amide bonds. The van der Waals surface area contributed by atoms with E-state index in [1.807, 2.05) is 19.9 Å². The van der Waals surface area contributed by atoms with Crippen molar-refractivity contribution >= 4 is 41.8 Å². The Morgan fingerprint density at radius 2 is 1.10 bits per heavy atom. The van der Waals surface area contributed by atoms with Gasteiger partial charge in [0.25, 0.3) is 0 Å². The maximum atomic E-state index is 10.6. The Labute approximate surface area is 239 Å². The van der Waals surface area contributed by atoms with Crippen molar-refractivity contribution in [3.8, 4) is 22.3 Å². The van der Waals surface area contributed by atoms with Crippen molar-refractivity contribution in [2.45, 2.75) is 38.9 Å². The number of aliphatic hydroxyl groups is 1. The van der Waals surface area contributed by atoms with E-state index in [4.69, 9.17) is 4.65 Å². The van der Waals surface area contributed by atoms with Crippen molar-refractivity contribution in [2.75, 3.05) is 0 Å². The zero-order valence-corrected chi connectivity index (χ0v) is 24.6. The van der Waals surface area contributed by atoms with E-state index in [1.165, 1.54) is 31.9 Å². The molecule has 0 aromatic heterocycles. The number of rotatable bonds is 7. The number of hydrogen-bond acceptors (Lipinski definition) is 2. The number of benzene rings is 5. The summed E-state index contributed by atoms with van der Waals surface area (Å²) < 4.78 is 6.20. The highest BCUT2D eigenvalue weighted by molar-refractivity contribution is 7.22. The molecule has 5 aromatic carbocycles. The van der Waals surface area contributed by atoms with Crippen molar-refractivity contribution in [2.24, 2.45) is 0 Å². The lowest BCUT2D eigenvalue weighted by atomic mass is 9.79. The normalized spacial score (nSPS) is 13.9. The fraction of sp³-hybridized carbons (Fsp3) is 0.167. The van der Waals surface area contributed by atoms with Gasteiger partial charge in [-0.05, 0) is 76.2 Å². The Balaban J connectivity index is 1.55. The van der Waals surface area contributed by atoms with Crippen LogP contribution in [0.2, 0.25) is 0 Å². The molecule has 1 aliphatic heterocycles. The van der Waals surface area contributed by atoms with Crippen LogP contribution in [0.3, 0.4) is 0 Å². The minimum Gasteiger partial charge on any atom is -0.427 e. The zero-order chi connectivity index (χ0) is 28.0. The lowest BCUT2D eigenvalue weighted by Crippen LogP contribution is -2.72. The first-order valence-electron chi connectivity index (χ1n) is 13.9. The third kappa shape index (κ3) is 4.28. The van der Waals surface area contributed by atoms with Crippen LogP contribution in [0, 0.1) is 0 Å². The fourth-order valence-electron chi connectivity index (χ4n) is 5.83. The average Bonchev–Trinajstić information content (AvgIpc) is 3.27. The van der Waals surface area contributed by atoms with E-state index in [9.17, 15) is 5.11 Å². The van der Waals surface area contributed by atoms with Crippen LogP contribution in [0.5, 0.6) is 0 Å². The number of hydrogen-bond donors (Lipinski definition) is 1. The van der Waals surface area contributed by atoms with Gasteiger partial charge in [0.1, 0.15) is 0 Å². The van der Waals surface area contributed by atoms with Gasteiger partial charge in [-0.15, -0.1) is 0 Å². The molecule has 1 radical (unpaired) electrons. The molecule has 1 aliphatic rings. The van der Waals surface area contributed by atoms with E-state index in [0.29, 0.717) is 0 Å². The fourth-order valence-corrected chi connectivity index (χ4v) is 11.0. The van der Waals surface area contributed by atoms with Crippen molar-refractivity contribution < 1.29 is 9.76 Å². The quantitative estimate of drug-likeness (QED) is 0.304. The third-order valence-corrected chi connectivity index (χ3v) is 13.5. The molecule has 0 saturated heterocycles. The molecule has 6 rings (SSSR count). The molecule has 0 spiro atoms. The Morgan fingerprint density at radius 3 is 1.73 bits per heavy atom. The molecule has 1 heterocycles. The molecule has 0 aliphatic carbocycles. The maximum absolute atomic E-state index is 10.6. The highest BCUT2D eigenvalue weighted by atomic mass is 28.3. The van der Waals surface area contributed by atoms with Gasteiger partial charge in [0.15, 0.2) is 8.07 Å². The molecule has 5 aromatic rings. The van der Waals surface area contributed by atoms with Gasteiger partial charge in [-0.1, -0.05) is 127 Å². The summed E-state index contributed by atoms with van der Waals surface area (Å²) in [5.41, 5.74) is 4.17. The van der Waals surface area contributed by atoms with Gasteiger partial charge in [-0.25, -0.2) is 0 Å². The standard InChI is InChI=1S/C36H34BO2Si/c1-35(2,38)36(3,4)39-37-32-21-13-11-19-29(32)26-23-24-31-30-20-12-14-22-33(30)40(34(31)25-26,27-15-7-5-8-16-27)28-17-9-6-10-18-28/h5-25,38H,1-4H3. The van der Waals surface area contributed by atoms with E-state index in [0.717, 1.165) is 16.6 Å². The van der Waals surface area contributed by atoms with Gasteiger partial charge < -0.3 is 9.76 Å². The lowest BCUT2D eigenvalue weighted by molar-refractivity contribution is -0.0893. The lowest BCUT2D eigenvalue weighted by Gasteiger charge is -2.37. The molecule has 4 heteroatoms. The Hall–Kier alpha value is -3.70. The van der Waals surface area contributed by atoms with Gasteiger partial charge in [-0.2, -0.15) is 0 Å². The third-order valence-electron chi connectivity index (χ3n) is 8.68. The molecule has 2 nitrogen and oxygen atoms in total. The van der Waals surface area contributed by atoms with Crippen molar-refractivity contribution in [3.63, 3.8) is 0 Å². The molecule has 0 bridgehead atoms. The first-order valence-corrected chi connectivity index (χ1v) is 15.9. The monoisotopic (exact) mass is 537 g/mol. The van der Waals surface area contributed by atoms with Gasteiger partial charge >= 0.3 is 7.48 Å². The summed E-state index contributed by atoms with van der Waals surface area (Å²) >= 11 is 0. The highest BCUT2D eigenvalue weighted by Crippen LogP contribution is 2.31. The largest absolute Gasteiger partial charge is 0.427 e. The summed E-state index contributed by atoms with van der Waals surface area (Å²) in [5, 5.41) is 16.3. The first-order chi connectivity index (χ1) is 19.2. The van der Waals surface area contributed by atoms with Crippen LogP contribution in [0.1, 0.15) is 27.7 Å². The SMILES string of the molecule is CC(C)(O)C(C)(C)O[B]c1ccccc1-c1ccc2c(c1)[Si](c1ccccc1)(c1ccccc1)c1ccccc1-2. The van der Waals surface area contributed by atoms with Gasteiger partial charge in [0.2, 0.25) is 0 Å². The minimum atomic E-state index is -2.56. The minimum absolute atomic E-state index is 0.748. The van der Waals surface area contributed by atoms with Crippen molar-refractivity contribution in [1.29, 1.82) is 0 Å². The predicted octanol–water partition coefficient (Wildman–Crippen LogP) is 4.52. The van der Waals surface area contributed by atoms with E-state index in [-0.39, 0.29) is 0 Å². The molecule has 0 atom stereocenters. The van der Waals surface area contributed by atoms with Crippen LogP contribution in [0.4, 0.5) is 0 Å². The van der Waals surface area contributed by atoms with Crippen LogP contribution >= 0.6 is 0 Å². The smallest absolute Gasteiger partial charge is 0.331 e. The van der Waals surface area contributed by atoms with E-state index >= 15 is 0 Å². The summed E-state index contributed by atoms with van der Waals surface area (Å²) in [6.45, 7) is 7.39. The summed E-state index contributed by atoms with van der Waals surface area (Å²) in [7, 11) is -0.755. The number of fused-ring (bicyclic) bond motifs is 3. The zero-order valence-electron chi connectivity index (χ0n) is 23.6. The molecular formula is C36H34BO2Si. The average molecular weight is 538 g/mol. The van der Waals surface area contributed by atoms with E-state index in [1.54, 1.807) is 21.3 Å². The summed E-state index contributed by atoms with van der Waals surface area (Å²) in [6, 6.07) is 46.4. The molecule has 0 fully saturated rings. The van der Waals surface area contributed by atoms with Crippen LogP contribution in [-0.2, 0) is 4.65 Å². The predicted molar refractivity (Wildman–Crippen MR) is 171 cm³/mol. The Bertz CT molecular complexity index is 1620. The Morgan fingerprint density at radius 1 is 0.575 bits per heavy atom. The summed E-state index contributed by atoms with van der Waals surface area (Å²) in [6.07, 6.45) is 0. The van der Waals surface area contributed by atoms with Crippen molar-refractivity contribution in [3.05, 3.63) is 127 Å². The van der Waals surface area contributed by atoms with Gasteiger partial charge in [0, 0.05) is 0 Å². The highest BCUT2D eigenvalue weighted by Gasteiger charge is 2.48. The maximum Gasteiger partial charge on any atom is 0.331 e. The molecule has 0 saturated carbocycles. The molecular weight excluding hydrogens is 503 g/mol. The van der Waals surface area contributed by atoms with Crippen molar-refractivity contribution in [1.82, 2.24) is 0 Å². The second-order valence-electron chi connectivity index (χ2n) is 11.7. The molecule has 40 heavy (non-hydrogen) atoms.